The summed E-state index contributed by atoms with van der Waals surface area (Å²) in [6.07, 6.45) is -6.38. The van der Waals surface area contributed by atoms with E-state index in [0.29, 0.717) is 0 Å². The lowest BCUT2D eigenvalue weighted by Crippen LogP contribution is -2.57. The quantitative estimate of drug-likeness (QED) is 0.387. The normalized spacial score (nSPS) is 55.3. The summed E-state index contributed by atoms with van der Waals surface area (Å²) in [5.41, 5.74) is 0. The van der Waals surface area contributed by atoms with Gasteiger partial charge in [0.2, 0.25) is 0 Å². The number of phosphoric ester groups is 1. The fourth-order valence-electron chi connectivity index (χ4n) is 1.56. The molecule has 2 aliphatic heterocycles. The maximum atomic E-state index is 11.0. The first-order valence-corrected chi connectivity index (χ1v) is 5.76. The van der Waals surface area contributed by atoms with Crippen LogP contribution in [0.4, 0.5) is 0 Å². The van der Waals surface area contributed by atoms with Crippen LogP contribution < -0.4 is 0 Å². The number of fused-ring (bicyclic) bond motifs is 1. The van der Waals surface area contributed by atoms with Gasteiger partial charge in [0.15, 0.2) is 6.29 Å². The van der Waals surface area contributed by atoms with Crippen LogP contribution in [0.25, 0.3) is 0 Å². The molecule has 0 aromatic rings. The fourth-order valence-corrected chi connectivity index (χ4v) is 2.58. The van der Waals surface area contributed by atoms with Gasteiger partial charge in [-0.2, -0.15) is 0 Å². The van der Waals surface area contributed by atoms with E-state index in [1.165, 1.54) is 0 Å². The molecule has 6 atom stereocenters. The fraction of sp³-hybridized carbons (Fsp3) is 1.00. The summed E-state index contributed by atoms with van der Waals surface area (Å²) in [5.74, 6) is 0. The minimum atomic E-state index is -4.23. The lowest BCUT2D eigenvalue weighted by Gasteiger charge is -2.36. The standard InChI is InChI=1S/C6H11O8P/c7-1-2-3(8)4(9)5-6(12-2)14-15(10,11)13-5/h2-9H,1H2,(H,10,11)/t2-,3+,4+,5-,6?/m1/s1. The summed E-state index contributed by atoms with van der Waals surface area (Å²) >= 11 is 0. The van der Waals surface area contributed by atoms with E-state index in [1.54, 1.807) is 0 Å². The molecule has 9 heteroatoms. The van der Waals surface area contributed by atoms with Gasteiger partial charge in [0, 0.05) is 0 Å². The highest BCUT2D eigenvalue weighted by atomic mass is 31.2. The summed E-state index contributed by atoms with van der Waals surface area (Å²) in [6.45, 7) is -0.541. The first kappa shape index (κ1) is 11.4. The van der Waals surface area contributed by atoms with Crippen LogP contribution in [0, 0.1) is 0 Å². The Labute approximate surface area is 84.6 Å². The van der Waals surface area contributed by atoms with Crippen molar-refractivity contribution in [1.82, 2.24) is 0 Å². The maximum absolute atomic E-state index is 11.0. The zero-order valence-corrected chi connectivity index (χ0v) is 8.36. The monoisotopic (exact) mass is 242 g/mol. The van der Waals surface area contributed by atoms with Gasteiger partial charge in [0.25, 0.3) is 0 Å². The molecule has 88 valence electrons. The van der Waals surface area contributed by atoms with Crippen molar-refractivity contribution in [3.63, 3.8) is 0 Å². The minimum absolute atomic E-state index is 0.541. The molecule has 0 aromatic heterocycles. The van der Waals surface area contributed by atoms with E-state index in [4.69, 9.17) is 14.7 Å². The number of hydrogen-bond donors (Lipinski definition) is 4. The van der Waals surface area contributed by atoms with E-state index < -0.39 is 45.1 Å². The molecule has 2 rings (SSSR count). The lowest BCUT2D eigenvalue weighted by molar-refractivity contribution is -0.249. The Hall–Kier alpha value is -0.0500. The average molecular weight is 242 g/mol. The molecule has 0 bridgehead atoms. The zero-order chi connectivity index (χ0) is 11.2. The highest BCUT2D eigenvalue weighted by molar-refractivity contribution is 7.47. The van der Waals surface area contributed by atoms with Gasteiger partial charge in [0.05, 0.1) is 6.61 Å². The third kappa shape index (κ3) is 1.95. The second-order valence-electron chi connectivity index (χ2n) is 3.35. The maximum Gasteiger partial charge on any atom is 0.475 e. The Balaban J connectivity index is 2.17. The van der Waals surface area contributed by atoms with Crippen LogP contribution in [-0.2, 0) is 18.3 Å². The molecule has 0 aromatic carbocycles. The van der Waals surface area contributed by atoms with Gasteiger partial charge in [-0.1, -0.05) is 0 Å². The van der Waals surface area contributed by atoms with Gasteiger partial charge in [-0.3, -0.25) is 9.05 Å². The third-order valence-corrected chi connectivity index (χ3v) is 3.30. The van der Waals surface area contributed by atoms with E-state index in [1.807, 2.05) is 0 Å². The Morgan fingerprint density at radius 3 is 2.47 bits per heavy atom. The topological polar surface area (TPSA) is 126 Å². The number of rotatable bonds is 1. The van der Waals surface area contributed by atoms with Crippen molar-refractivity contribution in [3.8, 4) is 0 Å². The largest absolute Gasteiger partial charge is 0.475 e. The Morgan fingerprint density at radius 2 is 1.87 bits per heavy atom. The van der Waals surface area contributed by atoms with Gasteiger partial charge < -0.3 is 24.9 Å². The number of phosphoric acid groups is 1. The lowest BCUT2D eigenvalue weighted by atomic mass is 10.00. The second kappa shape index (κ2) is 3.76. The zero-order valence-electron chi connectivity index (χ0n) is 7.46. The van der Waals surface area contributed by atoms with Gasteiger partial charge in [-0.05, 0) is 0 Å². The molecular weight excluding hydrogens is 231 g/mol. The molecule has 0 spiro atoms. The second-order valence-corrected chi connectivity index (χ2v) is 4.71. The summed E-state index contributed by atoms with van der Waals surface area (Å²) in [7, 11) is -4.23. The van der Waals surface area contributed by atoms with Crippen LogP contribution in [0.5, 0.6) is 0 Å². The number of ether oxygens (including phenoxy) is 1. The molecule has 2 aliphatic rings. The van der Waals surface area contributed by atoms with E-state index in [2.05, 4.69) is 9.05 Å². The molecule has 0 radical (unpaired) electrons. The molecule has 15 heavy (non-hydrogen) atoms. The van der Waals surface area contributed by atoms with E-state index in [-0.39, 0.29) is 0 Å². The van der Waals surface area contributed by atoms with Gasteiger partial charge in [-0.25, -0.2) is 4.57 Å². The molecule has 2 unspecified atom stereocenters. The van der Waals surface area contributed by atoms with Crippen LogP contribution in [-0.4, -0.2) is 57.5 Å². The van der Waals surface area contributed by atoms with Crippen LogP contribution in [0.2, 0.25) is 0 Å². The molecular formula is C6H11O8P. The molecule has 2 saturated heterocycles. The number of hydrogen-bond acceptors (Lipinski definition) is 7. The van der Waals surface area contributed by atoms with Crippen molar-refractivity contribution < 1.29 is 38.6 Å². The summed E-state index contributed by atoms with van der Waals surface area (Å²) in [4.78, 5) is 8.96. The molecule has 8 nitrogen and oxygen atoms in total. The van der Waals surface area contributed by atoms with Crippen molar-refractivity contribution in [2.75, 3.05) is 6.61 Å². The average Bonchev–Trinajstić information content (AvgIpc) is 2.47. The number of aliphatic hydroxyl groups excluding tert-OH is 3. The Morgan fingerprint density at radius 1 is 1.20 bits per heavy atom. The van der Waals surface area contributed by atoms with Crippen molar-refractivity contribution in [3.05, 3.63) is 0 Å². The van der Waals surface area contributed by atoms with Crippen LogP contribution in [0.3, 0.4) is 0 Å². The Kier molecular flexibility index (Phi) is 2.87. The van der Waals surface area contributed by atoms with Crippen LogP contribution >= 0.6 is 7.82 Å². The summed E-state index contributed by atoms with van der Waals surface area (Å²) in [6, 6.07) is 0. The molecule has 2 fully saturated rings. The van der Waals surface area contributed by atoms with Crippen LogP contribution in [0.1, 0.15) is 0 Å². The first-order valence-electron chi connectivity index (χ1n) is 4.26. The van der Waals surface area contributed by atoms with E-state index in [9.17, 15) is 14.8 Å². The van der Waals surface area contributed by atoms with Crippen molar-refractivity contribution in [1.29, 1.82) is 0 Å². The highest BCUT2D eigenvalue weighted by Crippen LogP contribution is 2.55. The van der Waals surface area contributed by atoms with Crippen molar-refractivity contribution >= 4 is 7.82 Å². The first-order chi connectivity index (χ1) is 6.94. The highest BCUT2D eigenvalue weighted by Gasteiger charge is 2.55. The molecule has 0 amide bonds. The number of aliphatic hydroxyl groups is 3. The SMILES string of the molecule is O=P1(O)OC2O[C@H](CO)[C@H](O)[C@H](O)[C@H]2O1. The predicted molar refractivity (Wildman–Crippen MR) is 43.5 cm³/mol. The summed E-state index contributed by atoms with van der Waals surface area (Å²) < 4.78 is 24.9. The predicted octanol–water partition coefficient (Wildman–Crippen LogP) is -2.06. The van der Waals surface area contributed by atoms with Gasteiger partial charge >= 0.3 is 7.82 Å². The molecule has 0 saturated carbocycles. The molecule has 0 aliphatic carbocycles. The van der Waals surface area contributed by atoms with E-state index in [0.717, 1.165) is 0 Å². The molecule has 2 heterocycles. The Bertz CT molecular complexity index is 295. The molecule has 4 N–H and O–H groups in total. The van der Waals surface area contributed by atoms with Gasteiger partial charge in [-0.15, -0.1) is 0 Å². The van der Waals surface area contributed by atoms with Gasteiger partial charge in [0.1, 0.15) is 24.4 Å². The summed E-state index contributed by atoms with van der Waals surface area (Å²) in [5, 5.41) is 27.7. The smallest absolute Gasteiger partial charge is 0.394 e. The van der Waals surface area contributed by atoms with E-state index >= 15 is 0 Å². The van der Waals surface area contributed by atoms with Crippen LogP contribution in [0.15, 0.2) is 0 Å². The minimum Gasteiger partial charge on any atom is -0.394 e. The third-order valence-electron chi connectivity index (χ3n) is 2.32. The van der Waals surface area contributed by atoms with Crippen molar-refractivity contribution in [2.24, 2.45) is 0 Å². The van der Waals surface area contributed by atoms with Crippen molar-refractivity contribution in [2.45, 2.75) is 30.7 Å².